The lowest BCUT2D eigenvalue weighted by molar-refractivity contribution is -0.117. The summed E-state index contributed by atoms with van der Waals surface area (Å²) >= 11 is 6.04. The molecule has 0 spiro atoms. The van der Waals surface area contributed by atoms with Crippen molar-refractivity contribution in [2.75, 3.05) is 21.5 Å². The summed E-state index contributed by atoms with van der Waals surface area (Å²) in [6, 6.07) is 19.2. The molecule has 0 saturated carbocycles. The summed E-state index contributed by atoms with van der Waals surface area (Å²) in [5.74, 6) is -0.316. The Kier molecular flexibility index (Phi) is 6.16. The quantitative estimate of drug-likeness (QED) is 0.554. The van der Waals surface area contributed by atoms with Crippen LogP contribution in [0.5, 0.6) is 0 Å². The first-order chi connectivity index (χ1) is 15.3. The van der Waals surface area contributed by atoms with Gasteiger partial charge in [-0.3, -0.25) is 14.3 Å². The normalized spacial score (nSPS) is 13.8. The van der Waals surface area contributed by atoms with Gasteiger partial charge in [0.15, 0.2) is 0 Å². The number of anilines is 3. The van der Waals surface area contributed by atoms with Gasteiger partial charge in [0.05, 0.1) is 15.6 Å². The Hall–Kier alpha value is -3.36. The minimum absolute atomic E-state index is 0.0156. The molecule has 0 atom stereocenters. The van der Waals surface area contributed by atoms with E-state index in [1.165, 1.54) is 12.1 Å². The van der Waals surface area contributed by atoms with E-state index < -0.39 is 15.9 Å². The fraction of sp³-hybridized carbons (Fsp3) is 0.130. The maximum atomic E-state index is 12.7. The van der Waals surface area contributed by atoms with Gasteiger partial charge in [-0.25, -0.2) is 8.42 Å². The molecule has 1 fully saturated rings. The molecule has 2 amide bonds. The molecule has 32 heavy (non-hydrogen) atoms. The Labute approximate surface area is 191 Å². The third-order valence-corrected chi connectivity index (χ3v) is 6.73. The summed E-state index contributed by atoms with van der Waals surface area (Å²) in [6.45, 7) is 0.674. The standard InChI is InChI=1S/C23H20ClN3O4S/c24-20-7-1-2-8-21(20)26-32(30,31)19-6-3-5-17(15-19)25-23(29)16-10-12-18(13-11-16)27-14-4-9-22(27)28/h1-3,5-8,10-13,15,26H,4,9,14H2,(H,25,29). The number of halogens is 1. The van der Waals surface area contributed by atoms with Crippen LogP contribution in [0.2, 0.25) is 5.02 Å². The second-order valence-corrected chi connectivity index (χ2v) is 9.35. The number of nitrogens with one attached hydrogen (secondary N) is 2. The molecule has 0 radical (unpaired) electrons. The van der Waals surface area contributed by atoms with Crippen LogP contribution in [0.3, 0.4) is 0 Å². The molecule has 9 heteroatoms. The Morgan fingerprint density at radius 1 is 0.969 bits per heavy atom. The van der Waals surface area contributed by atoms with Crippen molar-refractivity contribution in [1.82, 2.24) is 0 Å². The molecular weight excluding hydrogens is 450 g/mol. The first-order valence-corrected chi connectivity index (χ1v) is 11.8. The molecule has 2 N–H and O–H groups in total. The Morgan fingerprint density at radius 3 is 2.41 bits per heavy atom. The molecule has 4 rings (SSSR count). The first-order valence-electron chi connectivity index (χ1n) is 9.93. The van der Waals surface area contributed by atoms with Gasteiger partial charge in [-0.15, -0.1) is 0 Å². The lowest BCUT2D eigenvalue weighted by atomic mass is 10.1. The fourth-order valence-electron chi connectivity index (χ4n) is 3.41. The zero-order valence-corrected chi connectivity index (χ0v) is 18.5. The topological polar surface area (TPSA) is 95.6 Å². The third kappa shape index (κ3) is 4.76. The Bertz CT molecular complexity index is 1280. The molecule has 164 valence electrons. The fourth-order valence-corrected chi connectivity index (χ4v) is 4.77. The summed E-state index contributed by atoms with van der Waals surface area (Å²) < 4.78 is 27.9. The smallest absolute Gasteiger partial charge is 0.262 e. The molecule has 0 aromatic heterocycles. The van der Waals surface area contributed by atoms with Gasteiger partial charge in [-0.05, 0) is 61.0 Å². The van der Waals surface area contributed by atoms with E-state index in [-0.39, 0.29) is 21.5 Å². The molecule has 0 aliphatic carbocycles. The van der Waals surface area contributed by atoms with Crippen LogP contribution in [0, 0.1) is 0 Å². The van der Waals surface area contributed by atoms with Crippen LogP contribution in [0.15, 0.2) is 77.7 Å². The first kappa shape index (κ1) is 21.9. The van der Waals surface area contributed by atoms with Gasteiger partial charge >= 0.3 is 0 Å². The number of para-hydroxylation sites is 1. The van der Waals surface area contributed by atoms with Gasteiger partial charge in [-0.1, -0.05) is 29.8 Å². The van der Waals surface area contributed by atoms with E-state index in [1.54, 1.807) is 65.6 Å². The van der Waals surface area contributed by atoms with E-state index >= 15 is 0 Å². The van der Waals surface area contributed by atoms with E-state index in [1.807, 2.05) is 0 Å². The number of hydrogen-bond donors (Lipinski definition) is 2. The lowest BCUT2D eigenvalue weighted by Gasteiger charge is -2.16. The molecule has 0 unspecified atom stereocenters. The minimum Gasteiger partial charge on any atom is -0.322 e. The monoisotopic (exact) mass is 469 g/mol. The average Bonchev–Trinajstić information content (AvgIpc) is 3.21. The van der Waals surface area contributed by atoms with Crippen LogP contribution in [-0.2, 0) is 14.8 Å². The molecule has 1 saturated heterocycles. The van der Waals surface area contributed by atoms with E-state index in [9.17, 15) is 18.0 Å². The average molecular weight is 470 g/mol. The van der Waals surface area contributed by atoms with E-state index in [2.05, 4.69) is 10.0 Å². The molecule has 1 aliphatic heterocycles. The summed E-state index contributed by atoms with van der Waals surface area (Å²) in [5, 5.41) is 2.98. The van der Waals surface area contributed by atoms with Crippen LogP contribution in [-0.4, -0.2) is 26.8 Å². The Morgan fingerprint density at radius 2 is 1.72 bits per heavy atom. The second-order valence-electron chi connectivity index (χ2n) is 7.26. The summed E-state index contributed by atoms with van der Waals surface area (Å²) in [4.78, 5) is 26.2. The zero-order chi connectivity index (χ0) is 22.7. The molecule has 1 heterocycles. The number of carbonyl (C=O) groups excluding carboxylic acids is 2. The van der Waals surface area contributed by atoms with Crippen molar-refractivity contribution in [1.29, 1.82) is 0 Å². The van der Waals surface area contributed by atoms with Crippen LogP contribution in [0.25, 0.3) is 0 Å². The summed E-state index contributed by atoms with van der Waals surface area (Å²) in [6.07, 6.45) is 1.36. The van der Waals surface area contributed by atoms with Gasteiger partial charge < -0.3 is 10.2 Å². The Balaban J connectivity index is 1.48. The van der Waals surface area contributed by atoms with Crippen molar-refractivity contribution in [3.63, 3.8) is 0 Å². The second kappa shape index (κ2) is 9.02. The number of hydrogen-bond acceptors (Lipinski definition) is 4. The number of amides is 2. The van der Waals surface area contributed by atoms with Gasteiger partial charge in [0.1, 0.15) is 0 Å². The predicted octanol–water partition coefficient (Wildman–Crippen LogP) is 4.52. The largest absolute Gasteiger partial charge is 0.322 e. The van der Waals surface area contributed by atoms with Crippen molar-refractivity contribution in [2.45, 2.75) is 17.7 Å². The number of sulfonamides is 1. The highest BCUT2D eigenvalue weighted by Crippen LogP contribution is 2.26. The highest BCUT2D eigenvalue weighted by atomic mass is 35.5. The van der Waals surface area contributed by atoms with Gasteiger partial charge in [-0.2, -0.15) is 0 Å². The van der Waals surface area contributed by atoms with Crippen molar-refractivity contribution in [3.05, 3.63) is 83.4 Å². The van der Waals surface area contributed by atoms with Crippen LogP contribution in [0.1, 0.15) is 23.2 Å². The maximum Gasteiger partial charge on any atom is 0.262 e. The minimum atomic E-state index is -3.90. The number of benzene rings is 3. The van der Waals surface area contributed by atoms with Gasteiger partial charge in [0.2, 0.25) is 5.91 Å². The molecular formula is C23H20ClN3O4S. The van der Waals surface area contributed by atoms with Crippen LogP contribution >= 0.6 is 11.6 Å². The molecule has 1 aliphatic rings. The van der Waals surface area contributed by atoms with Crippen molar-refractivity contribution < 1.29 is 18.0 Å². The highest BCUT2D eigenvalue weighted by molar-refractivity contribution is 7.92. The van der Waals surface area contributed by atoms with Crippen LogP contribution < -0.4 is 14.9 Å². The summed E-state index contributed by atoms with van der Waals surface area (Å²) in [5.41, 5.74) is 1.74. The predicted molar refractivity (Wildman–Crippen MR) is 125 cm³/mol. The molecule has 3 aromatic rings. The molecule has 3 aromatic carbocycles. The van der Waals surface area contributed by atoms with E-state index in [0.29, 0.717) is 24.2 Å². The number of carbonyl (C=O) groups is 2. The molecule has 7 nitrogen and oxygen atoms in total. The SMILES string of the molecule is O=C(Nc1cccc(S(=O)(=O)Nc2ccccc2Cl)c1)c1ccc(N2CCCC2=O)cc1. The van der Waals surface area contributed by atoms with E-state index in [4.69, 9.17) is 11.6 Å². The molecule has 0 bridgehead atoms. The van der Waals surface area contributed by atoms with Gasteiger partial charge in [0.25, 0.3) is 15.9 Å². The van der Waals surface area contributed by atoms with Crippen molar-refractivity contribution in [2.24, 2.45) is 0 Å². The van der Waals surface area contributed by atoms with Crippen molar-refractivity contribution in [3.8, 4) is 0 Å². The maximum absolute atomic E-state index is 12.7. The highest BCUT2D eigenvalue weighted by Gasteiger charge is 2.22. The number of rotatable bonds is 6. The van der Waals surface area contributed by atoms with Crippen LogP contribution in [0.4, 0.5) is 17.1 Å². The lowest BCUT2D eigenvalue weighted by Crippen LogP contribution is -2.23. The zero-order valence-electron chi connectivity index (χ0n) is 16.9. The number of nitrogens with zero attached hydrogens (tertiary/aromatic N) is 1. The van der Waals surface area contributed by atoms with E-state index in [0.717, 1.165) is 12.1 Å². The third-order valence-electron chi connectivity index (χ3n) is 5.03. The summed E-state index contributed by atoms with van der Waals surface area (Å²) in [7, 11) is -3.90. The van der Waals surface area contributed by atoms with Crippen molar-refractivity contribution >= 4 is 50.5 Å². The van der Waals surface area contributed by atoms with Gasteiger partial charge in [0, 0.05) is 29.9 Å².